The maximum Gasteiger partial charge on any atom is 0.260 e. The number of rotatable bonds is 8. The SMILES string of the molecule is COCCCNC(=O)C(C)Oc1ccccc1[C@@H](C)N. The summed E-state index contributed by atoms with van der Waals surface area (Å²) in [6, 6.07) is 7.37. The Balaban J connectivity index is 2.53. The molecule has 0 aliphatic carbocycles. The van der Waals surface area contributed by atoms with Crippen LogP contribution in [0.1, 0.15) is 31.9 Å². The van der Waals surface area contributed by atoms with Gasteiger partial charge in [-0.25, -0.2) is 0 Å². The highest BCUT2D eigenvalue weighted by molar-refractivity contribution is 5.80. The van der Waals surface area contributed by atoms with E-state index in [1.807, 2.05) is 31.2 Å². The van der Waals surface area contributed by atoms with Gasteiger partial charge in [0, 0.05) is 31.9 Å². The quantitative estimate of drug-likeness (QED) is 0.710. The summed E-state index contributed by atoms with van der Waals surface area (Å²) in [6.07, 6.45) is 0.225. The maximum absolute atomic E-state index is 11.9. The first-order chi connectivity index (χ1) is 9.56. The zero-order chi connectivity index (χ0) is 15.0. The lowest BCUT2D eigenvalue weighted by molar-refractivity contribution is -0.127. The third-order valence-corrected chi connectivity index (χ3v) is 2.91. The fourth-order valence-corrected chi connectivity index (χ4v) is 1.78. The standard InChI is InChI=1S/C15H24N2O3/c1-11(16)13-7-4-5-8-14(13)20-12(2)15(18)17-9-6-10-19-3/h4-5,7-8,11-12H,6,9-10,16H2,1-3H3,(H,17,18)/t11-,12?/m1/s1. The largest absolute Gasteiger partial charge is 0.481 e. The molecule has 0 aromatic heterocycles. The molecule has 0 saturated carbocycles. The minimum absolute atomic E-state index is 0.136. The molecule has 0 aliphatic heterocycles. The first-order valence-electron chi connectivity index (χ1n) is 6.84. The van der Waals surface area contributed by atoms with Gasteiger partial charge in [0.25, 0.3) is 5.91 Å². The molecule has 5 heteroatoms. The van der Waals surface area contributed by atoms with Crippen LogP contribution >= 0.6 is 0 Å². The Labute approximate surface area is 120 Å². The molecule has 0 fully saturated rings. The fraction of sp³-hybridized carbons (Fsp3) is 0.533. The van der Waals surface area contributed by atoms with Gasteiger partial charge in [-0.15, -0.1) is 0 Å². The number of hydrogen-bond donors (Lipinski definition) is 2. The second kappa shape index (κ2) is 8.55. The smallest absolute Gasteiger partial charge is 0.260 e. The number of para-hydroxylation sites is 1. The summed E-state index contributed by atoms with van der Waals surface area (Å²) in [6.45, 7) is 4.82. The molecule has 2 atom stereocenters. The van der Waals surface area contributed by atoms with E-state index in [0.717, 1.165) is 12.0 Å². The molecule has 1 rings (SSSR count). The van der Waals surface area contributed by atoms with Crippen LogP contribution in [-0.2, 0) is 9.53 Å². The number of hydrogen-bond acceptors (Lipinski definition) is 4. The van der Waals surface area contributed by atoms with Crippen molar-refractivity contribution < 1.29 is 14.3 Å². The molecule has 1 aromatic rings. The van der Waals surface area contributed by atoms with Gasteiger partial charge in [0.2, 0.25) is 0 Å². The summed E-state index contributed by atoms with van der Waals surface area (Å²) < 4.78 is 10.6. The van der Waals surface area contributed by atoms with E-state index in [0.29, 0.717) is 18.9 Å². The van der Waals surface area contributed by atoms with Crippen molar-refractivity contribution in [1.82, 2.24) is 5.32 Å². The van der Waals surface area contributed by atoms with Gasteiger partial charge in [-0.3, -0.25) is 4.79 Å². The summed E-state index contributed by atoms with van der Waals surface area (Å²) in [4.78, 5) is 11.9. The van der Waals surface area contributed by atoms with Crippen molar-refractivity contribution >= 4 is 5.91 Å². The lowest BCUT2D eigenvalue weighted by atomic mass is 10.1. The van der Waals surface area contributed by atoms with Gasteiger partial charge in [0.1, 0.15) is 5.75 Å². The second-order valence-electron chi connectivity index (χ2n) is 4.72. The van der Waals surface area contributed by atoms with Gasteiger partial charge in [-0.05, 0) is 26.3 Å². The summed E-state index contributed by atoms with van der Waals surface area (Å²) in [5.74, 6) is 0.516. The van der Waals surface area contributed by atoms with Gasteiger partial charge in [0.15, 0.2) is 6.10 Å². The molecular weight excluding hydrogens is 256 g/mol. The Morgan fingerprint density at radius 3 is 2.70 bits per heavy atom. The fourth-order valence-electron chi connectivity index (χ4n) is 1.78. The van der Waals surface area contributed by atoms with Crippen LogP contribution < -0.4 is 15.8 Å². The summed E-state index contributed by atoms with van der Waals surface area (Å²) in [7, 11) is 1.64. The Morgan fingerprint density at radius 2 is 2.05 bits per heavy atom. The van der Waals surface area contributed by atoms with Crippen molar-refractivity contribution in [2.45, 2.75) is 32.4 Å². The number of benzene rings is 1. The van der Waals surface area contributed by atoms with Crippen LogP contribution in [0.25, 0.3) is 0 Å². The summed E-state index contributed by atoms with van der Waals surface area (Å²) >= 11 is 0. The van der Waals surface area contributed by atoms with Gasteiger partial charge >= 0.3 is 0 Å². The van der Waals surface area contributed by atoms with Gasteiger partial charge in [-0.2, -0.15) is 0 Å². The first-order valence-corrected chi connectivity index (χ1v) is 6.84. The van der Waals surface area contributed by atoms with Crippen LogP contribution in [-0.4, -0.2) is 32.3 Å². The van der Waals surface area contributed by atoms with Gasteiger partial charge < -0.3 is 20.5 Å². The molecule has 0 spiro atoms. The number of nitrogens with one attached hydrogen (secondary N) is 1. The van der Waals surface area contributed by atoms with Crippen LogP contribution in [0.5, 0.6) is 5.75 Å². The zero-order valence-corrected chi connectivity index (χ0v) is 12.4. The molecule has 112 valence electrons. The zero-order valence-electron chi connectivity index (χ0n) is 12.4. The van der Waals surface area contributed by atoms with Crippen molar-refractivity contribution in [1.29, 1.82) is 0 Å². The number of ether oxygens (including phenoxy) is 2. The van der Waals surface area contributed by atoms with Gasteiger partial charge in [0.05, 0.1) is 0 Å². The molecule has 5 nitrogen and oxygen atoms in total. The first kappa shape index (κ1) is 16.5. The normalized spacial score (nSPS) is 13.6. The van der Waals surface area contributed by atoms with Crippen LogP contribution in [0.3, 0.4) is 0 Å². The Morgan fingerprint density at radius 1 is 1.35 bits per heavy atom. The number of methoxy groups -OCH3 is 1. The van der Waals surface area contributed by atoms with Crippen LogP contribution in [0.2, 0.25) is 0 Å². The molecule has 3 N–H and O–H groups in total. The minimum Gasteiger partial charge on any atom is -0.481 e. The van der Waals surface area contributed by atoms with E-state index >= 15 is 0 Å². The predicted molar refractivity (Wildman–Crippen MR) is 78.6 cm³/mol. The molecule has 20 heavy (non-hydrogen) atoms. The number of nitrogens with two attached hydrogens (primary N) is 1. The van der Waals surface area contributed by atoms with E-state index in [1.54, 1.807) is 14.0 Å². The maximum atomic E-state index is 11.9. The van der Waals surface area contributed by atoms with Crippen molar-refractivity contribution in [2.75, 3.05) is 20.3 Å². The second-order valence-corrected chi connectivity index (χ2v) is 4.72. The van der Waals surface area contributed by atoms with Crippen molar-refractivity contribution in [3.63, 3.8) is 0 Å². The van der Waals surface area contributed by atoms with Crippen LogP contribution in [0.4, 0.5) is 0 Å². The van der Waals surface area contributed by atoms with Crippen LogP contribution in [0.15, 0.2) is 24.3 Å². The average molecular weight is 280 g/mol. The van der Waals surface area contributed by atoms with Crippen molar-refractivity contribution in [3.8, 4) is 5.75 Å². The number of carbonyl (C=O) groups is 1. The van der Waals surface area contributed by atoms with E-state index in [1.165, 1.54) is 0 Å². The molecular formula is C15H24N2O3. The molecule has 1 unspecified atom stereocenters. The highest BCUT2D eigenvalue weighted by atomic mass is 16.5. The highest BCUT2D eigenvalue weighted by Crippen LogP contribution is 2.24. The van der Waals surface area contributed by atoms with Crippen LogP contribution in [0, 0.1) is 0 Å². The third-order valence-electron chi connectivity index (χ3n) is 2.91. The summed E-state index contributed by atoms with van der Waals surface area (Å²) in [5.41, 5.74) is 6.78. The molecule has 0 aliphatic rings. The Hall–Kier alpha value is -1.59. The topological polar surface area (TPSA) is 73.6 Å². The summed E-state index contributed by atoms with van der Waals surface area (Å²) in [5, 5.41) is 2.81. The minimum atomic E-state index is -0.558. The van der Waals surface area contributed by atoms with Crippen molar-refractivity contribution in [3.05, 3.63) is 29.8 Å². The third kappa shape index (κ3) is 5.19. The molecule has 0 saturated heterocycles. The van der Waals surface area contributed by atoms with E-state index in [2.05, 4.69) is 5.32 Å². The average Bonchev–Trinajstić information content (AvgIpc) is 2.43. The molecule has 1 amide bonds. The van der Waals surface area contributed by atoms with Gasteiger partial charge in [-0.1, -0.05) is 18.2 Å². The Bertz CT molecular complexity index is 421. The number of carbonyl (C=O) groups excluding carboxylic acids is 1. The lowest BCUT2D eigenvalue weighted by Crippen LogP contribution is -2.37. The molecule has 0 bridgehead atoms. The molecule has 0 heterocycles. The molecule has 1 aromatic carbocycles. The number of amides is 1. The molecule has 0 radical (unpaired) electrons. The monoisotopic (exact) mass is 280 g/mol. The van der Waals surface area contributed by atoms with Crippen molar-refractivity contribution in [2.24, 2.45) is 5.73 Å². The highest BCUT2D eigenvalue weighted by Gasteiger charge is 2.16. The lowest BCUT2D eigenvalue weighted by Gasteiger charge is -2.18. The van der Waals surface area contributed by atoms with E-state index in [4.69, 9.17) is 15.2 Å². The van der Waals surface area contributed by atoms with E-state index < -0.39 is 6.10 Å². The van der Waals surface area contributed by atoms with E-state index in [-0.39, 0.29) is 11.9 Å². The predicted octanol–water partition coefficient (Wildman–Crippen LogP) is 1.63. The van der Waals surface area contributed by atoms with E-state index in [9.17, 15) is 4.79 Å². The Kier molecular flexibility index (Phi) is 7.04.